The molecule has 2 aromatic rings. The number of fused-ring (bicyclic) bond motifs is 1. The first kappa shape index (κ1) is 20.4. The maximum Gasteiger partial charge on any atom is 0.282 e. The second-order valence-corrected chi connectivity index (χ2v) is 9.79. The van der Waals surface area contributed by atoms with E-state index in [0.717, 1.165) is 43.1 Å². The minimum Gasteiger partial charge on any atom is -0.347 e. The fourth-order valence-electron chi connectivity index (χ4n) is 4.41. The van der Waals surface area contributed by atoms with E-state index in [9.17, 15) is 13.2 Å². The first-order valence-electron chi connectivity index (χ1n) is 10.6. The van der Waals surface area contributed by atoms with E-state index < -0.39 is 10.2 Å². The van der Waals surface area contributed by atoms with E-state index in [2.05, 4.69) is 11.5 Å². The number of carbonyl (C=O) groups is 1. The van der Waals surface area contributed by atoms with Crippen LogP contribution in [0.5, 0.6) is 0 Å². The molecule has 1 amide bonds. The van der Waals surface area contributed by atoms with Crippen molar-refractivity contribution in [2.24, 2.45) is 0 Å². The van der Waals surface area contributed by atoms with Gasteiger partial charge in [0.05, 0.1) is 5.56 Å². The molecule has 1 aromatic carbocycles. The zero-order valence-corrected chi connectivity index (χ0v) is 17.9. The van der Waals surface area contributed by atoms with Crippen LogP contribution >= 0.6 is 0 Å². The Morgan fingerprint density at radius 2 is 1.52 bits per heavy atom. The van der Waals surface area contributed by atoms with E-state index in [-0.39, 0.29) is 5.91 Å². The van der Waals surface area contributed by atoms with Gasteiger partial charge in [-0.05, 0) is 25.8 Å². The van der Waals surface area contributed by atoms with Crippen LogP contribution in [0.2, 0.25) is 0 Å². The van der Waals surface area contributed by atoms with E-state index in [1.807, 2.05) is 30.5 Å². The monoisotopic (exact) mass is 418 g/mol. The van der Waals surface area contributed by atoms with Crippen molar-refractivity contribution >= 4 is 27.0 Å². The van der Waals surface area contributed by atoms with Gasteiger partial charge in [-0.25, -0.2) is 0 Å². The molecule has 8 heteroatoms. The minimum atomic E-state index is -3.43. The summed E-state index contributed by atoms with van der Waals surface area (Å²) in [6.07, 6.45) is 5.98. The Morgan fingerprint density at radius 3 is 2.17 bits per heavy atom. The summed E-state index contributed by atoms with van der Waals surface area (Å²) in [4.78, 5) is 15.0. The van der Waals surface area contributed by atoms with Gasteiger partial charge >= 0.3 is 0 Å². The summed E-state index contributed by atoms with van der Waals surface area (Å²) in [6, 6.07) is 7.94. The molecule has 1 aromatic heterocycles. The molecule has 7 nitrogen and oxygen atoms in total. The molecule has 2 aliphatic heterocycles. The van der Waals surface area contributed by atoms with Gasteiger partial charge in [0.15, 0.2) is 0 Å². The van der Waals surface area contributed by atoms with Crippen molar-refractivity contribution in [3.8, 4) is 0 Å². The van der Waals surface area contributed by atoms with Crippen LogP contribution in [0.1, 0.15) is 43.0 Å². The van der Waals surface area contributed by atoms with E-state index in [1.54, 1.807) is 13.5 Å². The van der Waals surface area contributed by atoms with E-state index >= 15 is 0 Å². The van der Waals surface area contributed by atoms with Gasteiger partial charge in [-0.3, -0.25) is 4.79 Å². The first-order chi connectivity index (χ1) is 14.0. The number of hydrogen-bond donors (Lipinski definition) is 0. The van der Waals surface area contributed by atoms with Gasteiger partial charge in [0.2, 0.25) is 0 Å². The minimum absolute atomic E-state index is 0.0137. The summed E-state index contributed by atoms with van der Waals surface area (Å²) in [5, 5.41) is 0.957. The number of amides is 1. The molecule has 2 aliphatic rings. The lowest BCUT2D eigenvalue weighted by Gasteiger charge is -2.36. The van der Waals surface area contributed by atoms with Crippen LogP contribution < -0.4 is 0 Å². The average Bonchev–Trinajstić information content (AvgIpc) is 2.91. The summed E-state index contributed by atoms with van der Waals surface area (Å²) in [7, 11) is -3.43. The number of piperazine rings is 1. The Morgan fingerprint density at radius 1 is 0.897 bits per heavy atom. The third-order valence-electron chi connectivity index (χ3n) is 6.10. The Bertz CT molecular complexity index is 969. The van der Waals surface area contributed by atoms with E-state index in [1.165, 1.54) is 0 Å². The van der Waals surface area contributed by atoms with Gasteiger partial charge < -0.3 is 9.47 Å². The molecule has 2 saturated heterocycles. The highest BCUT2D eigenvalue weighted by molar-refractivity contribution is 7.86. The van der Waals surface area contributed by atoms with Crippen LogP contribution in [0.15, 0.2) is 30.5 Å². The van der Waals surface area contributed by atoms with E-state index in [0.29, 0.717) is 44.8 Å². The molecule has 0 saturated carbocycles. The third kappa shape index (κ3) is 3.93. The molecule has 0 spiro atoms. The Labute approximate surface area is 173 Å². The Hall–Kier alpha value is -1.90. The lowest BCUT2D eigenvalue weighted by molar-refractivity contribution is 0.0696. The number of aryl methyl sites for hydroxylation is 1. The molecule has 2 fully saturated rings. The Balaban J connectivity index is 1.46. The molecular weight excluding hydrogens is 388 g/mol. The number of rotatable bonds is 4. The maximum absolute atomic E-state index is 13.2. The van der Waals surface area contributed by atoms with Crippen molar-refractivity contribution < 1.29 is 13.2 Å². The average molecular weight is 419 g/mol. The molecule has 0 bridgehead atoms. The molecule has 0 aliphatic carbocycles. The van der Waals surface area contributed by atoms with E-state index in [4.69, 9.17) is 0 Å². The maximum atomic E-state index is 13.2. The molecular formula is C21H30N4O3S. The fourth-order valence-corrected chi connectivity index (χ4v) is 6.08. The summed E-state index contributed by atoms with van der Waals surface area (Å²) in [5.41, 5.74) is 1.76. The quantitative estimate of drug-likeness (QED) is 0.766. The van der Waals surface area contributed by atoms with Gasteiger partial charge in [0.1, 0.15) is 0 Å². The standard InChI is InChI=1S/C21H30N4O3S/c1-2-22-17-19(18-9-5-6-10-20(18)22)21(26)23-13-15-25(16-14-23)29(27,28)24-11-7-3-4-8-12-24/h5-6,9-10,17H,2-4,7-8,11-16H2,1H3. The zero-order chi connectivity index (χ0) is 20.4. The molecule has 158 valence electrons. The normalized spacial score (nSPS) is 20.1. The number of benzene rings is 1. The molecule has 0 N–H and O–H groups in total. The summed E-state index contributed by atoms with van der Waals surface area (Å²) in [6.45, 7) is 5.65. The number of aromatic nitrogens is 1. The topological polar surface area (TPSA) is 65.9 Å². The highest BCUT2D eigenvalue weighted by Gasteiger charge is 2.34. The Kier molecular flexibility index (Phi) is 5.94. The lowest BCUT2D eigenvalue weighted by atomic mass is 10.1. The van der Waals surface area contributed by atoms with Gasteiger partial charge in [0, 0.05) is 62.9 Å². The first-order valence-corrected chi connectivity index (χ1v) is 12.0. The fraction of sp³-hybridized carbons (Fsp3) is 0.571. The second-order valence-electron chi connectivity index (χ2n) is 7.86. The predicted molar refractivity (Wildman–Crippen MR) is 114 cm³/mol. The number of carbonyl (C=O) groups excluding carboxylic acids is 1. The van der Waals surface area contributed by atoms with Crippen LogP contribution in [0.4, 0.5) is 0 Å². The number of hydrogen-bond acceptors (Lipinski definition) is 3. The van der Waals surface area contributed by atoms with Crippen molar-refractivity contribution in [3.63, 3.8) is 0 Å². The van der Waals surface area contributed by atoms with Crippen molar-refractivity contribution in [2.45, 2.75) is 39.2 Å². The molecule has 29 heavy (non-hydrogen) atoms. The third-order valence-corrected chi connectivity index (χ3v) is 8.14. The van der Waals surface area contributed by atoms with Gasteiger partial charge in [-0.15, -0.1) is 0 Å². The lowest BCUT2D eigenvalue weighted by Crippen LogP contribution is -2.54. The van der Waals surface area contributed by atoms with Gasteiger partial charge in [-0.1, -0.05) is 31.0 Å². The van der Waals surface area contributed by atoms with Crippen LogP contribution in [0, 0.1) is 0 Å². The molecule has 0 atom stereocenters. The summed E-state index contributed by atoms with van der Waals surface area (Å²) in [5.74, 6) is -0.0137. The van der Waals surface area contributed by atoms with Crippen LogP contribution in [-0.2, 0) is 16.8 Å². The molecule has 3 heterocycles. The zero-order valence-electron chi connectivity index (χ0n) is 17.1. The van der Waals surface area contributed by atoms with Crippen molar-refractivity contribution in [1.82, 2.24) is 18.1 Å². The van der Waals surface area contributed by atoms with Crippen molar-refractivity contribution in [2.75, 3.05) is 39.3 Å². The second kappa shape index (κ2) is 8.45. The number of para-hydroxylation sites is 1. The highest BCUT2D eigenvalue weighted by Crippen LogP contribution is 2.24. The van der Waals surface area contributed by atoms with Gasteiger partial charge in [-0.2, -0.15) is 17.0 Å². The van der Waals surface area contributed by atoms with Crippen LogP contribution in [0.3, 0.4) is 0 Å². The predicted octanol–water partition coefficient (Wildman–Crippen LogP) is 2.54. The SMILES string of the molecule is CCn1cc(C(=O)N2CCN(S(=O)(=O)N3CCCCCC3)CC2)c2ccccc21. The smallest absolute Gasteiger partial charge is 0.282 e. The van der Waals surface area contributed by atoms with Crippen molar-refractivity contribution in [1.29, 1.82) is 0 Å². The molecule has 0 unspecified atom stereocenters. The summed E-state index contributed by atoms with van der Waals surface area (Å²) >= 11 is 0. The highest BCUT2D eigenvalue weighted by atomic mass is 32.2. The van der Waals surface area contributed by atoms with Crippen LogP contribution in [0.25, 0.3) is 10.9 Å². The molecule has 0 radical (unpaired) electrons. The van der Waals surface area contributed by atoms with Crippen molar-refractivity contribution in [3.05, 3.63) is 36.0 Å². The molecule has 4 rings (SSSR count). The largest absolute Gasteiger partial charge is 0.347 e. The number of nitrogens with zero attached hydrogens (tertiary/aromatic N) is 4. The van der Waals surface area contributed by atoms with Crippen LogP contribution in [-0.4, -0.2) is 71.7 Å². The van der Waals surface area contributed by atoms with Gasteiger partial charge in [0.25, 0.3) is 16.1 Å². The summed E-state index contributed by atoms with van der Waals surface area (Å²) < 4.78 is 31.3.